The van der Waals surface area contributed by atoms with Crippen LogP contribution in [-0.2, 0) is 35.7 Å². The quantitative estimate of drug-likeness (QED) is 0.218. The van der Waals surface area contributed by atoms with E-state index in [1.165, 1.54) is 11.1 Å². The van der Waals surface area contributed by atoms with E-state index >= 15 is 0 Å². The first kappa shape index (κ1) is 31.1. The molecular weight excluding hydrogens is 548 g/mol. The number of fused-ring (bicyclic) bond motifs is 1. The predicted molar refractivity (Wildman–Crippen MR) is 174 cm³/mol. The third kappa shape index (κ3) is 7.41. The van der Waals surface area contributed by atoms with Crippen LogP contribution in [0.4, 0.5) is 0 Å². The maximum absolute atomic E-state index is 12.7. The largest absolute Gasteiger partial charge is 0.479 e. The van der Waals surface area contributed by atoms with Crippen LogP contribution in [-0.4, -0.2) is 49.6 Å². The van der Waals surface area contributed by atoms with Crippen molar-refractivity contribution >= 4 is 11.5 Å². The van der Waals surface area contributed by atoms with E-state index in [-0.39, 0.29) is 0 Å². The number of aryl methyl sites for hydroxylation is 2. The van der Waals surface area contributed by atoms with Gasteiger partial charge in [0.2, 0.25) is 0 Å². The van der Waals surface area contributed by atoms with Gasteiger partial charge in [0, 0.05) is 51.2 Å². The second-order valence-electron chi connectivity index (χ2n) is 12.6. The minimum absolute atomic E-state index is 0.574. The molecule has 0 saturated carbocycles. The second kappa shape index (κ2) is 13.1. The van der Waals surface area contributed by atoms with Crippen LogP contribution in [0.5, 0.6) is 0 Å². The van der Waals surface area contributed by atoms with E-state index in [1.807, 2.05) is 81.5 Å². The molecule has 7 nitrogen and oxygen atoms in total. The molecule has 0 amide bonds. The summed E-state index contributed by atoms with van der Waals surface area (Å²) in [6.45, 7) is 12.5. The Morgan fingerprint density at radius 3 is 2.11 bits per heavy atom. The van der Waals surface area contributed by atoms with Crippen molar-refractivity contribution in [2.24, 2.45) is 0 Å². The summed E-state index contributed by atoms with van der Waals surface area (Å²) in [6.07, 6.45) is 2.54. The lowest BCUT2D eigenvalue weighted by molar-refractivity contribution is -0.157. The van der Waals surface area contributed by atoms with Crippen LogP contribution in [0, 0.1) is 13.8 Å². The van der Waals surface area contributed by atoms with Crippen LogP contribution < -0.4 is 0 Å². The highest BCUT2D eigenvalue weighted by atomic mass is 16.5. The number of aromatic nitrogens is 2. The number of aliphatic carboxylic acids is 1. The Morgan fingerprint density at radius 1 is 0.909 bits per heavy atom. The average Bonchev–Trinajstić information content (AvgIpc) is 2.97. The molecule has 2 aromatic heterocycles. The van der Waals surface area contributed by atoms with Crippen molar-refractivity contribution in [2.45, 2.75) is 72.5 Å². The number of hydrogen-bond acceptors (Lipinski definition) is 6. The summed E-state index contributed by atoms with van der Waals surface area (Å²) in [5, 5.41) is 10.4. The summed E-state index contributed by atoms with van der Waals surface area (Å²) in [7, 11) is 1.96. The lowest BCUT2D eigenvalue weighted by Crippen LogP contribution is -2.41. The molecule has 44 heavy (non-hydrogen) atoms. The summed E-state index contributed by atoms with van der Waals surface area (Å²) in [4.78, 5) is 26.2. The maximum atomic E-state index is 12.7. The number of ether oxygens (including phenoxy) is 1. The molecule has 0 spiro atoms. The minimum Gasteiger partial charge on any atom is -0.479 e. The zero-order chi connectivity index (χ0) is 31.4. The van der Waals surface area contributed by atoms with Crippen molar-refractivity contribution in [1.82, 2.24) is 19.8 Å². The number of nitrogens with zero attached hydrogens (tertiary/aromatic N) is 4. The topological polar surface area (TPSA) is 78.8 Å². The number of pyridine rings is 2. The van der Waals surface area contributed by atoms with Gasteiger partial charge in [-0.1, -0.05) is 48.5 Å². The Labute approximate surface area is 260 Å². The van der Waals surface area contributed by atoms with Gasteiger partial charge in [0.25, 0.3) is 0 Å². The molecule has 1 unspecified atom stereocenters. The SMILES string of the molecule is Cc1ccc(C2=C(C(OC(C)(C)C)C(=O)O)N(C)Cc3cc(CN(Cc4ccccn4)Cc4ccccn4)ccc32)cc1C. The van der Waals surface area contributed by atoms with E-state index in [2.05, 4.69) is 65.1 Å². The minimum atomic E-state index is -1.11. The van der Waals surface area contributed by atoms with E-state index < -0.39 is 17.7 Å². The number of carboxylic acid groups (broad SMARTS) is 1. The van der Waals surface area contributed by atoms with E-state index in [1.54, 1.807) is 0 Å². The summed E-state index contributed by atoms with van der Waals surface area (Å²) >= 11 is 0. The van der Waals surface area contributed by atoms with E-state index in [0.717, 1.165) is 39.2 Å². The Morgan fingerprint density at radius 2 is 1.57 bits per heavy atom. The first-order valence-corrected chi connectivity index (χ1v) is 15.1. The van der Waals surface area contributed by atoms with Crippen molar-refractivity contribution in [3.05, 3.63) is 136 Å². The normalized spacial score (nSPS) is 14.1. The highest BCUT2D eigenvalue weighted by molar-refractivity contribution is 5.90. The van der Waals surface area contributed by atoms with Gasteiger partial charge >= 0.3 is 5.97 Å². The third-order valence-electron chi connectivity index (χ3n) is 7.88. The monoisotopic (exact) mass is 590 g/mol. The number of benzene rings is 2. The third-order valence-corrected chi connectivity index (χ3v) is 7.88. The molecule has 0 saturated heterocycles. The predicted octanol–water partition coefficient (Wildman–Crippen LogP) is 6.77. The van der Waals surface area contributed by atoms with Crippen molar-refractivity contribution in [1.29, 1.82) is 0 Å². The lowest BCUT2D eigenvalue weighted by Gasteiger charge is -2.38. The fourth-order valence-electron chi connectivity index (χ4n) is 5.77. The fourth-order valence-corrected chi connectivity index (χ4v) is 5.77. The van der Waals surface area contributed by atoms with Crippen LogP contribution >= 0.6 is 0 Å². The number of carbonyl (C=O) groups is 1. The van der Waals surface area contributed by atoms with Crippen LogP contribution in [0.25, 0.3) is 5.57 Å². The summed E-state index contributed by atoms with van der Waals surface area (Å²) in [5.41, 5.74) is 9.64. The van der Waals surface area contributed by atoms with E-state index in [0.29, 0.717) is 31.9 Å². The van der Waals surface area contributed by atoms with Gasteiger partial charge < -0.3 is 14.7 Å². The van der Waals surface area contributed by atoms with Crippen molar-refractivity contribution in [3.63, 3.8) is 0 Å². The smallest absolute Gasteiger partial charge is 0.339 e. The fraction of sp³-hybridized carbons (Fsp3) is 0.324. The van der Waals surface area contributed by atoms with Crippen LogP contribution in [0.3, 0.4) is 0 Å². The molecule has 0 radical (unpaired) electrons. The van der Waals surface area contributed by atoms with Crippen molar-refractivity contribution < 1.29 is 14.6 Å². The summed E-state index contributed by atoms with van der Waals surface area (Å²) in [6, 6.07) is 24.9. The average molecular weight is 591 g/mol. The van der Waals surface area contributed by atoms with Crippen molar-refractivity contribution in [3.8, 4) is 0 Å². The molecule has 0 fully saturated rings. The molecule has 0 aliphatic carbocycles. The van der Waals surface area contributed by atoms with Gasteiger partial charge in [0.15, 0.2) is 6.10 Å². The summed E-state index contributed by atoms with van der Waals surface area (Å²) in [5.74, 6) is -0.997. The molecule has 1 aliphatic rings. The molecule has 228 valence electrons. The molecule has 4 aromatic rings. The lowest BCUT2D eigenvalue weighted by atomic mass is 9.85. The standard InChI is InChI=1S/C37H42N4O3/c1-25-13-15-28(19-26(25)2)33-32-16-14-27(20-29(32)22-40(6)34(33)35(36(42)43)44-37(3,4)5)21-41(23-30-11-7-9-17-38-30)24-31-12-8-10-18-39-31/h7-20,35H,21-24H2,1-6H3,(H,42,43). The number of likely N-dealkylation sites (N-methyl/N-ethyl adjacent to an activating group) is 1. The van der Waals surface area contributed by atoms with Gasteiger partial charge in [-0.2, -0.15) is 0 Å². The van der Waals surface area contributed by atoms with E-state index in [9.17, 15) is 9.90 Å². The Hall–Kier alpha value is -4.33. The first-order valence-electron chi connectivity index (χ1n) is 15.1. The van der Waals surface area contributed by atoms with E-state index in [4.69, 9.17) is 4.74 Å². The van der Waals surface area contributed by atoms with Crippen LogP contribution in [0.2, 0.25) is 0 Å². The van der Waals surface area contributed by atoms with Crippen LogP contribution in [0.1, 0.15) is 65.5 Å². The van der Waals surface area contributed by atoms with Gasteiger partial charge in [-0.25, -0.2) is 4.79 Å². The van der Waals surface area contributed by atoms with Gasteiger partial charge in [0.1, 0.15) is 0 Å². The van der Waals surface area contributed by atoms with Gasteiger partial charge in [-0.05, 0) is 92.3 Å². The summed E-state index contributed by atoms with van der Waals surface area (Å²) < 4.78 is 6.20. The first-order chi connectivity index (χ1) is 21.0. The van der Waals surface area contributed by atoms with Crippen LogP contribution in [0.15, 0.2) is 90.9 Å². The molecule has 2 aromatic carbocycles. The zero-order valence-electron chi connectivity index (χ0n) is 26.5. The molecule has 7 heteroatoms. The van der Waals surface area contributed by atoms with Gasteiger partial charge in [-0.3, -0.25) is 14.9 Å². The number of carboxylic acids is 1. The Bertz CT molecular complexity index is 1600. The highest BCUT2D eigenvalue weighted by Gasteiger charge is 2.36. The zero-order valence-corrected chi connectivity index (χ0v) is 26.5. The molecule has 3 heterocycles. The van der Waals surface area contributed by atoms with Crippen molar-refractivity contribution in [2.75, 3.05) is 7.05 Å². The Balaban J connectivity index is 1.57. The van der Waals surface area contributed by atoms with Gasteiger partial charge in [0.05, 0.1) is 22.7 Å². The molecule has 1 aliphatic heterocycles. The molecule has 5 rings (SSSR count). The molecule has 1 N–H and O–H groups in total. The molecule has 0 bridgehead atoms. The molecule has 1 atom stereocenters. The maximum Gasteiger partial charge on any atom is 0.339 e. The number of rotatable bonds is 10. The highest BCUT2D eigenvalue weighted by Crippen LogP contribution is 2.39. The van der Waals surface area contributed by atoms with Gasteiger partial charge in [-0.15, -0.1) is 0 Å². The number of hydrogen-bond donors (Lipinski definition) is 1. The second-order valence-corrected chi connectivity index (χ2v) is 12.6. The molecular formula is C37H42N4O3. The Kier molecular flexibility index (Phi) is 9.28.